The van der Waals surface area contributed by atoms with Crippen molar-refractivity contribution < 1.29 is 4.39 Å². The van der Waals surface area contributed by atoms with Gasteiger partial charge in [-0.25, -0.2) is 9.37 Å². The Hall–Kier alpha value is -2.41. The van der Waals surface area contributed by atoms with Crippen LogP contribution in [0, 0.1) is 24.1 Å². The van der Waals surface area contributed by atoms with Gasteiger partial charge in [0.2, 0.25) is 0 Å². The van der Waals surface area contributed by atoms with Crippen molar-refractivity contribution in [1.82, 2.24) is 4.98 Å². The summed E-state index contributed by atoms with van der Waals surface area (Å²) >= 11 is 0. The maximum atomic E-state index is 13.1. The standard InChI is InChI=1S/C16H14FN3/c1-10-7-13(17)5-6-14(10)19-16-12(9-18)8-11-3-2-4-15(11)20-16/h5-8H,2-4H2,1H3,(H,19,20). The number of aryl methyl sites for hydroxylation is 3. The second kappa shape index (κ2) is 4.93. The van der Waals surface area contributed by atoms with Crippen molar-refractivity contribution in [3.05, 3.63) is 52.5 Å². The van der Waals surface area contributed by atoms with E-state index in [1.807, 2.05) is 13.0 Å². The summed E-state index contributed by atoms with van der Waals surface area (Å²) in [5.74, 6) is 0.290. The van der Waals surface area contributed by atoms with Gasteiger partial charge in [-0.15, -0.1) is 0 Å². The minimum atomic E-state index is -0.268. The lowest BCUT2D eigenvalue weighted by molar-refractivity contribution is 0.627. The minimum absolute atomic E-state index is 0.268. The number of pyridine rings is 1. The van der Waals surface area contributed by atoms with E-state index in [-0.39, 0.29) is 5.82 Å². The van der Waals surface area contributed by atoms with Crippen LogP contribution in [0.25, 0.3) is 0 Å². The van der Waals surface area contributed by atoms with Gasteiger partial charge in [0.1, 0.15) is 17.7 Å². The Morgan fingerprint density at radius 3 is 2.90 bits per heavy atom. The highest BCUT2D eigenvalue weighted by molar-refractivity contribution is 5.66. The van der Waals surface area contributed by atoms with Gasteiger partial charge in [-0.2, -0.15) is 5.26 Å². The van der Waals surface area contributed by atoms with Crippen LogP contribution < -0.4 is 5.32 Å². The van der Waals surface area contributed by atoms with Gasteiger partial charge in [-0.3, -0.25) is 0 Å². The predicted molar refractivity (Wildman–Crippen MR) is 75.4 cm³/mol. The Balaban J connectivity index is 2.00. The lowest BCUT2D eigenvalue weighted by Gasteiger charge is -2.12. The third kappa shape index (κ3) is 2.23. The molecule has 1 heterocycles. The molecule has 4 heteroatoms. The first-order chi connectivity index (χ1) is 9.67. The molecule has 0 aliphatic heterocycles. The van der Waals surface area contributed by atoms with E-state index < -0.39 is 0 Å². The number of aromatic nitrogens is 1. The van der Waals surface area contributed by atoms with Gasteiger partial charge in [0.05, 0.1) is 5.56 Å². The van der Waals surface area contributed by atoms with Crippen LogP contribution in [-0.4, -0.2) is 4.98 Å². The topological polar surface area (TPSA) is 48.7 Å². The molecular weight excluding hydrogens is 253 g/mol. The predicted octanol–water partition coefficient (Wildman–Crippen LogP) is 3.63. The van der Waals surface area contributed by atoms with Crippen LogP contribution in [0.1, 0.15) is 28.8 Å². The number of fused-ring (bicyclic) bond motifs is 1. The molecule has 1 aliphatic carbocycles. The molecule has 3 rings (SSSR count). The second-order valence-electron chi connectivity index (χ2n) is 5.04. The van der Waals surface area contributed by atoms with Gasteiger partial charge in [0.25, 0.3) is 0 Å². The number of nitrogens with one attached hydrogen (secondary N) is 1. The summed E-state index contributed by atoms with van der Waals surface area (Å²) in [5, 5.41) is 12.4. The Bertz CT molecular complexity index is 716. The quantitative estimate of drug-likeness (QED) is 0.903. The number of hydrogen-bond donors (Lipinski definition) is 1. The van der Waals surface area contributed by atoms with E-state index in [1.165, 1.54) is 17.7 Å². The van der Waals surface area contributed by atoms with Crippen molar-refractivity contribution in [2.24, 2.45) is 0 Å². The molecule has 2 aromatic rings. The first-order valence-corrected chi connectivity index (χ1v) is 6.63. The van der Waals surface area contributed by atoms with Gasteiger partial charge in [-0.1, -0.05) is 0 Å². The molecule has 0 unspecified atom stereocenters. The average molecular weight is 267 g/mol. The van der Waals surface area contributed by atoms with E-state index in [2.05, 4.69) is 16.4 Å². The fraction of sp³-hybridized carbons (Fsp3) is 0.250. The highest BCUT2D eigenvalue weighted by Gasteiger charge is 2.16. The highest BCUT2D eigenvalue weighted by atomic mass is 19.1. The molecule has 100 valence electrons. The smallest absolute Gasteiger partial charge is 0.148 e. The first kappa shape index (κ1) is 12.6. The molecule has 20 heavy (non-hydrogen) atoms. The number of nitriles is 1. The number of hydrogen-bond acceptors (Lipinski definition) is 3. The van der Waals surface area contributed by atoms with Crippen LogP contribution in [0.4, 0.5) is 15.9 Å². The van der Waals surface area contributed by atoms with Gasteiger partial charge in [-0.05, 0) is 61.6 Å². The van der Waals surface area contributed by atoms with E-state index in [0.717, 1.165) is 36.2 Å². The molecule has 1 aromatic heterocycles. The molecule has 1 N–H and O–H groups in total. The average Bonchev–Trinajstić information content (AvgIpc) is 2.88. The third-order valence-corrected chi connectivity index (χ3v) is 3.61. The number of rotatable bonds is 2. The normalized spacial score (nSPS) is 12.8. The summed E-state index contributed by atoms with van der Waals surface area (Å²) in [6.45, 7) is 1.82. The molecule has 3 nitrogen and oxygen atoms in total. The van der Waals surface area contributed by atoms with Gasteiger partial charge < -0.3 is 5.32 Å². The van der Waals surface area contributed by atoms with Crippen molar-refractivity contribution in [1.29, 1.82) is 5.26 Å². The Morgan fingerprint density at radius 2 is 2.15 bits per heavy atom. The van der Waals surface area contributed by atoms with Crippen molar-refractivity contribution in [3.63, 3.8) is 0 Å². The van der Waals surface area contributed by atoms with Gasteiger partial charge >= 0.3 is 0 Å². The van der Waals surface area contributed by atoms with Gasteiger partial charge in [0.15, 0.2) is 0 Å². The Morgan fingerprint density at radius 1 is 1.30 bits per heavy atom. The SMILES string of the molecule is Cc1cc(F)ccc1Nc1nc2c(cc1C#N)CCC2. The van der Waals surface area contributed by atoms with E-state index >= 15 is 0 Å². The van der Waals surface area contributed by atoms with Crippen molar-refractivity contribution in [2.45, 2.75) is 26.2 Å². The largest absolute Gasteiger partial charge is 0.339 e. The Kier molecular flexibility index (Phi) is 3.11. The van der Waals surface area contributed by atoms with E-state index in [9.17, 15) is 9.65 Å². The van der Waals surface area contributed by atoms with E-state index in [1.54, 1.807) is 6.07 Å². The molecule has 0 spiro atoms. The molecule has 0 bridgehead atoms. The molecular formula is C16H14FN3. The third-order valence-electron chi connectivity index (χ3n) is 3.61. The first-order valence-electron chi connectivity index (χ1n) is 6.63. The molecule has 0 fully saturated rings. The fourth-order valence-electron chi connectivity index (χ4n) is 2.55. The van der Waals surface area contributed by atoms with Crippen LogP contribution in [0.2, 0.25) is 0 Å². The lowest BCUT2D eigenvalue weighted by atomic mass is 10.1. The molecule has 1 aromatic carbocycles. The fourth-order valence-corrected chi connectivity index (χ4v) is 2.55. The minimum Gasteiger partial charge on any atom is -0.339 e. The van der Waals surface area contributed by atoms with Gasteiger partial charge in [0, 0.05) is 11.4 Å². The van der Waals surface area contributed by atoms with Crippen LogP contribution in [0.15, 0.2) is 24.3 Å². The van der Waals surface area contributed by atoms with Crippen molar-refractivity contribution in [2.75, 3.05) is 5.32 Å². The summed E-state index contributed by atoms with van der Waals surface area (Å²) in [5.41, 5.74) is 4.33. The van der Waals surface area contributed by atoms with E-state index in [4.69, 9.17) is 0 Å². The molecule has 0 saturated heterocycles. The summed E-state index contributed by atoms with van der Waals surface area (Å²) in [6, 6.07) is 8.62. The number of halogens is 1. The monoisotopic (exact) mass is 267 g/mol. The maximum Gasteiger partial charge on any atom is 0.148 e. The zero-order chi connectivity index (χ0) is 14.1. The zero-order valence-electron chi connectivity index (χ0n) is 11.2. The van der Waals surface area contributed by atoms with Crippen LogP contribution >= 0.6 is 0 Å². The van der Waals surface area contributed by atoms with Crippen LogP contribution in [0.5, 0.6) is 0 Å². The number of benzene rings is 1. The summed E-state index contributed by atoms with van der Waals surface area (Å²) in [7, 11) is 0. The molecule has 0 amide bonds. The molecule has 0 atom stereocenters. The summed E-state index contributed by atoms with van der Waals surface area (Å²) < 4.78 is 13.1. The van der Waals surface area contributed by atoms with Crippen LogP contribution in [0.3, 0.4) is 0 Å². The van der Waals surface area contributed by atoms with E-state index in [0.29, 0.717) is 11.4 Å². The summed E-state index contributed by atoms with van der Waals surface area (Å²) in [4.78, 5) is 4.56. The number of anilines is 2. The van der Waals surface area contributed by atoms with Crippen LogP contribution in [-0.2, 0) is 12.8 Å². The Labute approximate surface area is 117 Å². The lowest BCUT2D eigenvalue weighted by Crippen LogP contribution is -2.02. The van der Waals surface area contributed by atoms with Crippen molar-refractivity contribution in [3.8, 4) is 6.07 Å². The van der Waals surface area contributed by atoms with Crippen molar-refractivity contribution >= 4 is 11.5 Å². The maximum absolute atomic E-state index is 13.1. The zero-order valence-corrected chi connectivity index (χ0v) is 11.2. The number of nitrogens with zero attached hydrogens (tertiary/aromatic N) is 2. The second-order valence-corrected chi connectivity index (χ2v) is 5.04. The molecule has 1 aliphatic rings. The molecule has 0 radical (unpaired) electrons. The summed E-state index contributed by atoms with van der Waals surface area (Å²) in [6.07, 6.45) is 3.04. The highest BCUT2D eigenvalue weighted by Crippen LogP contribution is 2.28. The molecule has 0 saturated carbocycles.